The molecule has 3 rings (SSSR count). The highest BCUT2D eigenvalue weighted by Gasteiger charge is 2.11. The van der Waals surface area contributed by atoms with E-state index in [4.69, 9.17) is 0 Å². The van der Waals surface area contributed by atoms with Gasteiger partial charge in [0.25, 0.3) is 5.56 Å². The summed E-state index contributed by atoms with van der Waals surface area (Å²) in [4.78, 5) is 32.0. The van der Waals surface area contributed by atoms with Crippen molar-refractivity contribution >= 4 is 33.4 Å². The first-order chi connectivity index (χ1) is 9.65. The third-order valence-electron chi connectivity index (χ3n) is 2.71. The SMILES string of the molecule is Cn1ncc2c(=O)n(CC(=O)Nc3nccs3)cnc21. The van der Waals surface area contributed by atoms with E-state index in [9.17, 15) is 9.59 Å². The van der Waals surface area contributed by atoms with Gasteiger partial charge in [-0.05, 0) is 0 Å². The summed E-state index contributed by atoms with van der Waals surface area (Å²) in [5.74, 6) is -0.327. The highest BCUT2D eigenvalue weighted by atomic mass is 32.1. The molecule has 9 heteroatoms. The lowest BCUT2D eigenvalue weighted by Gasteiger charge is -2.04. The number of nitrogens with one attached hydrogen (secondary N) is 1. The molecule has 1 N–H and O–H groups in total. The maximum Gasteiger partial charge on any atom is 0.264 e. The average molecular weight is 290 g/mol. The largest absolute Gasteiger partial charge is 0.300 e. The zero-order valence-electron chi connectivity index (χ0n) is 10.5. The molecule has 0 saturated carbocycles. The smallest absolute Gasteiger partial charge is 0.264 e. The van der Waals surface area contributed by atoms with Gasteiger partial charge < -0.3 is 5.32 Å². The first-order valence-corrected chi connectivity index (χ1v) is 6.59. The maximum atomic E-state index is 12.2. The Balaban J connectivity index is 1.86. The predicted molar refractivity (Wildman–Crippen MR) is 73.5 cm³/mol. The van der Waals surface area contributed by atoms with Gasteiger partial charge in [-0.1, -0.05) is 0 Å². The van der Waals surface area contributed by atoms with Crippen LogP contribution in [0.5, 0.6) is 0 Å². The molecule has 1 amide bonds. The molecule has 0 unspecified atom stereocenters. The molecule has 3 heterocycles. The molecule has 0 aliphatic carbocycles. The van der Waals surface area contributed by atoms with E-state index in [2.05, 4.69) is 20.4 Å². The minimum Gasteiger partial charge on any atom is -0.300 e. The van der Waals surface area contributed by atoms with Crippen molar-refractivity contribution in [2.24, 2.45) is 7.05 Å². The number of hydrogen-bond acceptors (Lipinski definition) is 6. The Morgan fingerprint density at radius 2 is 2.30 bits per heavy atom. The number of hydrogen-bond donors (Lipinski definition) is 1. The first-order valence-electron chi connectivity index (χ1n) is 5.71. The zero-order valence-corrected chi connectivity index (χ0v) is 11.3. The van der Waals surface area contributed by atoms with Crippen molar-refractivity contribution in [2.75, 3.05) is 5.32 Å². The van der Waals surface area contributed by atoms with Gasteiger partial charge in [0.15, 0.2) is 10.8 Å². The molecule has 0 atom stereocenters. The fourth-order valence-electron chi connectivity index (χ4n) is 1.78. The first kappa shape index (κ1) is 12.5. The maximum absolute atomic E-state index is 12.2. The third-order valence-corrected chi connectivity index (χ3v) is 3.40. The van der Waals surface area contributed by atoms with Crippen LogP contribution < -0.4 is 10.9 Å². The monoisotopic (exact) mass is 290 g/mol. The number of nitrogens with zero attached hydrogens (tertiary/aromatic N) is 5. The summed E-state index contributed by atoms with van der Waals surface area (Å²) in [6, 6.07) is 0. The van der Waals surface area contributed by atoms with Crippen LogP contribution in [0.3, 0.4) is 0 Å². The second-order valence-corrected chi connectivity index (χ2v) is 4.96. The quantitative estimate of drug-likeness (QED) is 0.745. The number of rotatable bonds is 3. The lowest BCUT2D eigenvalue weighted by molar-refractivity contribution is -0.116. The number of thiazole rings is 1. The third kappa shape index (κ3) is 2.18. The Kier molecular flexibility index (Phi) is 3.03. The summed E-state index contributed by atoms with van der Waals surface area (Å²) in [5.41, 5.74) is 0.198. The molecule has 0 bridgehead atoms. The van der Waals surface area contributed by atoms with Crippen LogP contribution in [-0.4, -0.2) is 30.2 Å². The standard InChI is InChI=1S/C11H10N6O2S/c1-16-9-7(4-14-16)10(19)17(6-13-9)5-8(18)15-11-12-2-3-20-11/h2-4,6H,5H2,1H3,(H,12,15,18). The Morgan fingerprint density at radius 1 is 1.45 bits per heavy atom. The van der Waals surface area contributed by atoms with Gasteiger partial charge in [0.1, 0.15) is 18.3 Å². The van der Waals surface area contributed by atoms with Crippen LogP contribution in [0.25, 0.3) is 11.0 Å². The van der Waals surface area contributed by atoms with E-state index >= 15 is 0 Å². The van der Waals surface area contributed by atoms with E-state index < -0.39 is 0 Å². The molecule has 0 saturated heterocycles. The molecule has 102 valence electrons. The van der Waals surface area contributed by atoms with Crippen molar-refractivity contribution in [3.63, 3.8) is 0 Å². The second-order valence-electron chi connectivity index (χ2n) is 4.07. The van der Waals surface area contributed by atoms with E-state index in [1.807, 2.05) is 0 Å². The second kappa shape index (κ2) is 4.85. The van der Waals surface area contributed by atoms with Crippen LogP contribution in [0.4, 0.5) is 5.13 Å². The normalized spacial score (nSPS) is 10.8. The van der Waals surface area contributed by atoms with Crippen molar-refractivity contribution in [3.8, 4) is 0 Å². The lowest BCUT2D eigenvalue weighted by atomic mass is 10.4. The summed E-state index contributed by atoms with van der Waals surface area (Å²) in [6.07, 6.45) is 4.38. The molecule has 0 aliphatic heterocycles. The van der Waals surface area contributed by atoms with Crippen LogP contribution >= 0.6 is 11.3 Å². The highest BCUT2D eigenvalue weighted by Crippen LogP contribution is 2.10. The van der Waals surface area contributed by atoms with Crippen LogP contribution in [-0.2, 0) is 18.4 Å². The fraction of sp³-hybridized carbons (Fsp3) is 0.182. The van der Waals surface area contributed by atoms with Crippen molar-refractivity contribution < 1.29 is 4.79 Å². The Labute approximate surface area is 116 Å². The number of carbonyl (C=O) groups excluding carboxylic acids is 1. The van der Waals surface area contributed by atoms with Crippen LogP contribution in [0.2, 0.25) is 0 Å². The minimum atomic E-state index is -0.327. The molecular formula is C11H10N6O2S. The molecule has 3 aromatic rings. The van der Waals surface area contributed by atoms with Gasteiger partial charge >= 0.3 is 0 Å². The van der Waals surface area contributed by atoms with E-state index in [1.165, 1.54) is 33.1 Å². The van der Waals surface area contributed by atoms with Gasteiger partial charge in [0, 0.05) is 18.6 Å². The molecule has 8 nitrogen and oxygen atoms in total. The summed E-state index contributed by atoms with van der Waals surface area (Å²) in [7, 11) is 1.70. The topological polar surface area (TPSA) is 94.7 Å². The van der Waals surface area contributed by atoms with E-state index in [0.717, 1.165) is 0 Å². The molecule has 0 aliphatic rings. The number of carbonyl (C=O) groups is 1. The van der Waals surface area contributed by atoms with Crippen LogP contribution in [0.15, 0.2) is 28.9 Å². The molecule has 0 spiro atoms. The van der Waals surface area contributed by atoms with E-state index in [0.29, 0.717) is 16.2 Å². The van der Waals surface area contributed by atoms with Crippen LogP contribution in [0, 0.1) is 0 Å². The molecule has 20 heavy (non-hydrogen) atoms. The number of anilines is 1. The predicted octanol–water partition coefficient (Wildman–Crippen LogP) is 0.225. The van der Waals surface area contributed by atoms with Crippen LogP contribution in [0.1, 0.15) is 0 Å². The molecule has 3 aromatic heterocycles. The summed E-state index contributed by atoms with van der Waals surface area (Å²) < 4.78 is 2.75. The van der Waals surface area contributed by atoms with Gasteiger partial charge in [-0.15, -0.1) is 11.3 Å². The Hall–Kier alpha value is -2.55. The van der Waals surface area contributed by atoms with Gasteiger partial charge in [-0.25, -0.2) is 9.97 Å². The van der Waals surface area contributed by atoms with Gasteiger partial charge in [-0.3, -0.25) is 18.8 Å². The van der Waals surface area contributed by atoms with Crippen molar-refractivity contribution in [3.05, 3.63) is 34.5 Å². The fourth-order valence-corrected chi connectivity index (χ4v) is 2.32. The molecule has 0 radical (unpaired) electrons. The molecular weight excluding hydrogens is 280 g/mol. The average Bonchev–Trinajstić information content (AvgIpc) is 3.04. The molecule has 0 fully saturated rings. The highest BCUT2D eigenvalue weighted by molar-refractivity contribution is 7.13. The minimum absolute atomic E-state index is 0.115. The lowest BCUT2D eigenvalue weighted by Crippen LogP contribution is -2.27. The van der Waals surface area contributed by atoms with Gasteiger partial charge in [0.2, 0.25) is 5.91 Å². The summed E-state index contributed by atoms with van der Waals surface area (Å²) in [6.45, 7) is -0.115. The van der Waals surface area contributed by atoms with Gasteiger partial charge in [0.05, 0.1) is 6.20 Å². The number of aromatic nitrogens is 5. The number of aryl methyl sites for hydroxylation is 1. The van der Waals surface area contributed by atoms with E-state index in [-0.39, 0.29) is 18.0 Å². The zero-order chi connectivity index (χ0) is 14.1. The Bertz CT molecular complexity index is 819. The van der Waals surface area contributed by atoms with Crippen molar-refractivity contribution in [1.82, 2.24) is 24.3 Å². The summed E-state index contributed by atoms with van der Waals surface area (Å²) >= 11 is 1.31. The molecule has 0 aromatic carbocycles. The van der Waals surface area contributed by atoms with Crippen molar-refractivity contribution in [1.29, 1.82) is 0 Å². The number of amides is 1. The Morgan fingerprint density at radius 3 is 3.05 bits per heavy atom. The summed E-state index contributed by atoms with van der Waals surface area (Å²) in [5, 5.41) is 9.22. The van der Waals surface area contributed by atoms with Crippen molar-refractivity contribution in [2.45, 2.75) is 6.54 Å². The van der Waals surface area contributed by atoms with Gasteiger partial charge in [-0.2, -0.15) is 5.10 Å². The number of fused-ring (bicyclic) bond motifs is 1. The van der Waals surface area contributed by atoms with E-state index in [1.54, 1.807) is 18.6 Å².